The van der Waals surface area contributed by atoms with E-state index in [0.29, 0.717) is 12.2 Å². The predicted octanol–water partition coefficient (Wildman–Crippen LogP) is 3.65. The van der Waals surface area contributed by atoms with Gasteiger partial charge in [-0.3, -0.25) is 0 Å². The fraction of sp³-hybridized carbons (Fsp3) is 0.238. The number of allylic oxidation sites excluding steroid dienone is 1. The number of ether oxygens (including phenoxy) is 1. The number of β-amino-alcohol motifs (C(OH)–C–C–N with tert-alkyl or cyclic N) is 1. The number of nitriles is 1. The number of benzene rings is 2. The number of aliphatic hydroxyl groups excluding tert-OH is 1. The lowest BCUT2D eigenvalue weighted by atomic mass is 9.93. The van der Waals surface area contributed by atoms with Crippen molar-refractivity contribution < 1.29 is 9.84 Å². The van der Waals surface area contributed by atoms with Crippen LogP contribution >= 0.6 is 15.9 Å². The lowest BCUT2D eigenvalue weighted by Gasteiger charge is -2.30. The van der Waals surface area contributed by atoms with E-state index in [1.807, 2.05) is 54.8 Å². The predicted molar refractivity (Wildman–Crippen MR) is 108 cm³/mol. The second-order valence-corrected chi connectivity index (χ2v) is 7.51. The maximum atomic E-state index is 10.6. The van der Waals surface area contributed by atoms with Gasteiger partial charge < -0.3 is 14.7 Å². The topological polar surface area (TPSA) is 68.9 Å². The van der Waals surface area contributed by atoms with Gasteiger partial charge in [-0.05, 0) is 42.0 Å². The minimum absolute atomic E-state index is 0.0159. The first kappa shape index (κ1) is 17.8. The second kappa shape index (κ2) is 7.55. The van der Waals surface area contributed by atoms with E-state index in [1.54, 1.807) is 0 Å². The Bertz CT molecular complexity index is 936. The van der Waals surface area contributed by atoms with Crippen molar-refractivity contribution in [2.24, 2.45) is 4.99 Å². The van der Waals surface area contributed by atoms with Crippen LogP contribution in [0.4, 0.5) is 5.69 Å². The average molecular weight is 424 g/mol. The monoisotopic (exact) mass is 423 g/mol. The van der Waals surface area contributed by atoms with E-state index >= 15 is 0 Å². The molecule has 0 saturated carbocycles. The molecule has 5 nitrogen and oxygen atoms in total. The van der Waals surface area contributed by atoms with Crippen LogP contribution in [0.2, 0.25) is 0 Å². The van der Waals surface area contributed by atoms with Crippen LogP contribution in [-0.2, 0) is 0 Å². The van der Waals surface area contributed by atoms with E-state index in [4.69, 9.17) is 4.74 Å². The van der Waals surface area contributed by atoms with Crippen molar-refractivity contribution in [3.63, 3.8) is 0 Å². The van der Waals surface area contributed by atoms with E-state index in [2.05, 4.69) is 38.0 Å². The Kier molecular flexibility index (Phi) is 4.97. The van der Waals surface area contributed by atoms with Crippen molar-refractivity contribution in [2.75, 3.05) is 18.1 Å². The number of fused-ring (bicyclic) bond motifs is 3. The van der Waals surface area contributed by atoms with E-state index in [1.165, 1.54) is 0 Å². The lowest BCUT2D eigenvalue weighted by molar-refractivity contribution is 0.112. The molecule has 136 valence electrons. The fourth-order valence-electron chi connectivity index (χ4n) is 3.60. The summed E-state index contributed by atoms with van der Waals surface area (Å²) in [4.78, 5) is 6.39. The molecule has 0 radical (unpaired) electrons. The SMILES string of the molecule is N#CC1=CC2c3cc(Br)ccc3N(CC(O)COc3ccccc3)C2C=N1. The van der Waals surface area contributed by atoms with Crippen molar-refractivity contribution in [3.05, 3.63) is 70.3 Å². The molecule has 2 aliphatic rings. The molecule has 3 unspecified atom stereocenters. The number of anilines is 1. The third-order valence-electron chi connectivity index (χ3n) is 4.80. The number of aliphatic imine (C=N–C) groups is 1. The number of aliphatic hydroxyl groups is 1. The highest BCUT2D eigenvalue weighted by molar-refractivity contribution is 9.10. The van der Waals surface area contributed by atoms with Gasteiger partial charge in [-0.15, -0.1) is 0 Å². The van der Waals surface area contributed by atoms with Crippen molar-refractivity contribution in [3.8, 4) is 11.8 Å². The normalized spacial score (nSPS) is 21.1. The Morgan fingerprint density at radius 2 is 2.07 bits per heavy atom. The molecule has 0 aromatic heterocycles. The van der Waals surface area contributed by atoms with Crippen LogP contribution in [0.15, 0.2) is 69.8 Å². The van der Waals surface area contributed by atoms with Gasteiger partial charge in [0.05, 0.1) is 6.04 Å². The average Bonchev–Trinajstić information content (AvgIpc) is 2.99. The van der Waals surface area contributed by atoms with Gasteiger partial charge in [-0.1, -0.05) is 34.1 Å². The Morgan fingerprint density at radius 3 is 2.85 bits per heavy atom. The molecule has 27 heavy (non-hydrogen) atoms. The van der Waals surface area contributed by atoms with E-state index in [-0.39, 0.29) is 18.6 Å². The van der Waals surface area contributed by atoms with E-state index in [9.17, 15) is 10.4 Å². The number of hydrogen-bond donors (Lipinski definition) is 1. The Labute approximate surface area is 166 Å². The highest BCUT2D eigenvalue weighted by Crippen LogP contribution is 2.44. The molecule has 2 aliphatic heterocycles. The Morgan fingerprint density at radius 1 is 1.26 bits per heavy atom. The number of halogens is 1. The molecule has 2 aromatic rings. The molecule has 0 saturated heterocycles. The molecule has 3 atom stereocenters. The lowest BCUT2D eigenvalue weighted by Crippen LogP contribution is -2.42. The zero-order valence-electron chi connectivity index (χ0n) is 14.5. The summed E-state index contributed by atoms with van der Waals surface area (Å²) in [5, 5.41) is 19.7. The summed E-state index contributed by atoms with van der Waals surface area (Å²) >= 11 is 3.53. The summed E-state index contributed by atoms with van der Waals surface area (Å²) in [6.07, 6.45) is 3.06. The zero-order chi connectivity index (χ0) is 18.8. The van der Waals surface area contributed by atoms with Crippen LogP contribution < -0.4 is 9.64 Å². The molecule has 6 heteroatoms. The van der Waals surface area contributed by atoms with Crippen LogP contribution in [-0.4, -0.2) is 36.6 Å². The summed E-state index contributed by atoms with van der Waals surface area (Å²) in [5.74, 6) is 0.785. The Hall–Kier alpha value is -2.62. The largest absolute Gasteiger partial charge is 0.491 e. The standard InChI is InChI=1S/C21H18BrN3O2/c22-14-6-7-20-18(8-14)19-9-15(10-23)24-11-21(19)25(20)12-16(26)13-27-17-4-2-1-3-5-17/h1-9,11,16,19,21,26H,12-13H2. The van der Waals surface area contributed by atoms with Crippen LogP contribution in [0, 0.1) is 11.3 Å². The van der Waals surface area contributed by atoms with Crippen LogP contribution in [0.1, 0.15) is 11.5 Å². The molecule has 2 heterocycles. The molecule has 4 rings (SSSR count). The fourth-order valence-corrected chi connectivity index (χ4v) is 3.98. The number of rotatable bonds is 5. The van der Waals surface area contributed by atoms with E-state index < -0.39 is 6.10 Å². The molecule has 0 fully saturated rings. The van der Waals surface area contributed by atoms with Crippen LogP contribution in [0.5, 0.6) is 5.75 Å². The first-order valence-electron chi connectivity index (χ1n) is 8.74. The first-order valence-corrected chi connectivity index (χ1v) is 9.53. The van der Waals surface area contributed by atoms with E-state index in [0.717, 1.165) is 21.5 Å². The second-order valence-electron chi connectivity index (χ2n) is 6.59. The van der Waals surface area contributed by atoms with Crippen LogP contribution in [0.3, 0.4) is 0 Å². The molecule has 0 spiro atoms. The van der Waals surface area contributed by atoms with Gasteiger partial charge in [-0.25, -0.2) is 4.99 Å². The summed E-state index contributed by atoms with van der Waals surface area (Å²) in [6.45, 7) is 0.630. The number of para-hydroxylation sites is 1. The molecular weight excluding hydrogens is 406 g/mol. The third kappa shape index (κ3) is 3.61. The van der Waals surface area contributed by atoms with Gasteiger partial charge in [0.1, 0.15) is 30.2 Å². The minimum Gasteiger partial charge on any atom is -0.491 e. The van der Waals surface area contributed by atoms with Gasteiger partial charge >= 0.3 is 0 Å². The first-order chi connectivity index (χ1) is 13.2. The zero-order valence-corrected chi connectivity index (χ0v) is 16.1. The molecule has 0 aliphatic carbocycles. The molecule has 0 amide bonds. The van der Waals surface area contributed by atoms with Gasteiger partial charge in [0.2, 0.25) is 0 Å². The van der Waals surface area contributed by atoms with Gasteiger partial charge in [-0.2, -0.15) is 5.26 Å². The highest BCUT2D eigenvalue weighted by Gasteiger charge is 2.39. The number of hydrogen-bond acceptors (Lipinski definition) is 5. The van der Waals surface area contributed by atoms with Crippen molar-refractivity contribution in [1.29, 1.82) is 5.26 Å². The van der Waals surface area contributed by atoms with Gasteiger partial charge in [0.15, 0.2) is 0 Å². The summed E-state index contributed by atoms with van der Waals surface area (Å²) < 4.78 is 6.67. The quantitative estimate of drug-likeness (QED) is 0.796. The summed E-state index contributed by atoms with van der Waals surface area (Å²) in [6, 6.07) is 17.7. The molecule has 0 bridgehead atoms. The van der Waals surface area contributed by atoms with Crippen molar-refractivity contribution in [2.45, 2.75) is 18.1 Å². The maximum Gasteiger partial charge on any atom is 0.136 e. The smallest absolute Gasteiger partial charge is 0.136 e. The summed E-state index contributed by atoms with van der Waals surface area (Å²) in [5.41, 5.74) is 2.61. The maximum absolute atomic E-state index is 10.6. The third-order valence-corrected chi connectivity index (χ3v) is 5.29. The van der Waals surface area contributed by atoms with Crippen molar-refractivity contribution >= 4 is 27.8 Å². The Balaban J connectivity index is 1.53. The number of nitrogens with zero attached hydrogens (tertiary/aromatic N) is 3. The van der Waals surface area contributed by atoms with Crippen molar-refractivity contribution in [1.82, 2.24) is 0 Å². The van der Waals surface area contributed by atoms with Crippen LogP contribution in [0.25, 0.3) is 0 Å². The van der Waals surface area contributed by atoms with Gasteiger partial charge in [0.25, 0.3) is 0 Å². The molecular formula is C21H18BrN3O2. The minimum atomic E-state index is -0.657. The molecule has 2 aromatic carbocycles. The van der Waals surface area contributed by atoms with Gasteiger partial charge in [0, 0.05) is 28.8 Å². The molecule has 1 N–H and O–H groups in total. The summed E-state index contributed by atoms with van der Waals surface area (Å²) in [7, 11) is 0. The highest BCUT2D eigenvalue weighted by atomic mass is 79.9.